The summed E-state index contributed by atoms with van der Waals surface area (Å²) in [6.45, 7) is 9.68. The molecule has 3 rings (SSSR count). The van der Waals surface area contributed by atoms with Gasteiger partial charge in [0.2, 0.25) is 0 Å². The molecule has 3 aromatic rings. The van der Waals surface area contributed by atoms with Crippen molar-refractivity contribution in [3.63, 3.8) is 0 Å². The van der Waals surface area contributed by atoms with Gasteiger partial charge in [-0.1, -0.05) is 17.4 Å². The van der Waals surface area contributed by atoms with E-state index in [4.69, 9.17) is 4.98 Å². The Labute approximate surface area is 164 Å². The molecule has 27 heavy (non-hydrogen) atoms. The van der Waals surface area contributed by atoms with Crippen molar-refractivity contribution in [3.05, 3.63) is 40.7 Å². The van der Waals surface area contributed by atoms with E-state index in [1.807, 2.05) is 34.0 Å². The van der Waals surface area contributed by atoms with E-state index >= 15 is 0 Å². The van der Waals surface area contributed by atoms with Gasteiger partial charge in [-0.2, -0.15) is 5.10 Å². The summed E-state index contributed by atoms with van der Waals surface area (Å²) in [5, 5.41) is 5.19. The number of aryl methyl sites for hydroxylation is 4. The highest BCUT2D eigenvalue weighted by Crippen LogP contribution is 2.32. The van der Waals surface area contributed by atoms with Gasteiger partial charge >= 0.3 is 0 Å². The molecule has 0 aliphatic rings. The third kappa shape index (κ3) is 4.36. The summed E-state index contributed by atoms with van der Waals surface area (Å²) >= 11 is 1.59. The second kappa shape index (κ2) is 7.78. The minimum absolute atomic E-state index is 0.0106. The second-order valence-corrected chi connectivity index (χ2v) is 8.34. The fourth-order valence-electron chi connectivity index (χ4n) is 3.16. The molecule has 1 aromatic carbocycles. The van der Waals surface area contributed by atoms with E-state index in [0.717, 1.165) is 33.3 Å². The number of anilines is 1. The van der Waals surface area contributed by atoms with Crippen molar-refractivity contribution in [2.75, 3.05) is 32.1 Å². The van der Waals surface area contributed by atoms with E-state index in [1.54, 1.807) is 20.9 Å². The Balaban J connectivity index is 1.94. The zero-order valence-electron chi connectivity index (χ0n) is 16.9. The minimum atomic E-state index is 0.0106. The van der Waals surface area contributed by atoms with Crippen molar-refractivity contribution in [2.45, 2.75) is 34.2 Å². The number of amides is 1. The lowest BCUT2D eigenvalue weighted by molar-refractivity contribution is -0.119. The van der Waals surface area contributed by atoms with E-state index in [9.17, 15) is 4.79 Å². The Morgan fingerprint density at radius 3 is 2.48 bits per heavy atom. The summed E-state index contributed by atoms with van der Waals surface area (Å²) in [5.41, 5.74) is 5.26. The molecule has 2 heterocycles. The summed E-state index contributed by atoms with van der Waals surface area (Å²) in [4.78, 5) is 21.8. The van der Waals surface area contributed by atoms with Gasteiger partial charge in [0.25, 0.3) is 5.91 Å². The summed E-state index contributed by atoms with van der Waals surface area (Å²) in [7, 11) is 4.02. The lowest BCUT2D eigenvalue weighted by Gasteiger charge is -2.22. The number of nitrogens with zero attached hydrogens (tertiary/aromatic N) is 5. The average molecular weight is 386 g/mol. The normalized spacial score (nSPS) is 11.5. The topological polar surface area (TPSA) is 54.3 Å². The van der Waals surface area contributed by atoms with Crippen molar-refractivity contribution in [2.24, 2.45) is 0 Å². The first kappa shape index (κ1) is 19.5. The lowest BCUT2D eigenvalue weighted by Crippen LogP contribution is -2.39. The molecule has 0 bridgehead atoms. The van der Waals surface area contributed by atoms with Gasteiger partial charge in [-0.3, -0.25) is 14.4 Å². The van der Waals surface area contributed by atoms with Crippen molar-refractivity contribution in [3.8, 4) is 0 Å². The van der Waals surface area contributed by atoms with Crippen LogP contribution in [0.2, 0.25) is 0 Å². The summed E-state index contributed by atoms with van der Waals surface area (Å²) in [6, 6.07) is 6.23. The van der Waals surface area contributed by atoms with Gasteiger partial charge in [0.1, 0.15) is 6.54 Å². The highest BCUT2D eigenvalue weighted by molar-refractivity contribution is 7.22. The van der Waals surface area contributed by atoms with E-state index in [0.29, 0.717) is 6.54 Å². The first-order valence-electron chi connectivity index (χ1n) is 9.08. The number of fused-ring (bicyclic) bond motifs is 1. The Kier molecular flexibility index (Phi) is 5.62. The molecular formula is C20H27N5OS. The number of likely N-dealkylation sites (N-methyl/N-ethyl adjacent to an activating group) is 1. The Bertz CT molecular complexity index is 972. The molecule has 0 N–H and O–H groups in total. The monoisotopic (exact) mass is 385 g/mol. The molecule has 0 saturated carbocycles. The third-order valence-corrected chi connectivity index (χ3v) is 5.73. The van der Waals surface area contributed by atoms with Crippen LogP contribution in [-0.4, -0.2) is 52.8 Å². The molecule has 0 fully saturated rings. The quantitative estimate of drug-likeness (QED) is 0.653. The summed E-state index contributed by atoms with van der Waals surface area (Å²) in [6.07, 6.45) is 0. The predicted molar refractivity (Wildman–Crippen MR) is 112 cm³/mol. The van der Waals surface area contributed by atoms with Crippen LogP contribution >= 0.6 is 11.3 Å². The van der Waals surface area contributed by atoms with Gasteiger partial charge in [0.05, 0.1) is 15.9 Å². The first-order valence-corrected chi connectivity index (χ1v) is 9.90. The predicted octanol–water partition coefficient (Wildman–Crippen LogP) is 3.32. The zero-order chi connectivity index (χ0) is 19.7. The SMILES string of the molecule is Cc1cc(C)c2sc(N(CCN(C)C)C(=O)Cn3nc(C)cc3C)nc2c1. The largest absolute Gasteiger partial charge is 0.308 e. The molecule has 144 valence electrons. The summed E-state index contributed by atoms with van der Waals surface area (Å²) in [5.74, 6) is 0.0106. The smallest absolute Gasteiger partial charge is 0.250 e. The molecule has 0 spiro atoms. The zero-order valence-corrected chi connectivity index (χ0v) is 17.7. The Hall–Kier alpha value is -2.25. The molecular weight excluding hydrogens is 358 g/mol. The highest BCUT2D eigenvalue weighted by Gasteiger charge is 2.21. The van der Waals surface area contributed by atoms with Crippen molar-refractivity contribution in [1.29, 1.82) is 0 Å². The van der Waals surface area contributed by atoms with Gasteiger partial charge in [0.15, 0.2) is 5.13 Å². The maximum atomic E-state index is 13.1. The first-order chi connectivity index (χ1) is 12.7. The number of aromatic nitrogens is 3. The number of hydrogen-bond acceptors (Lipinski definition) is 5. The van der Waals surface area contributed by atoms with Crippen LogP contribution in [0.25, 0.3) is 10.2 Å². The fourth-order valence-corrected chi connectivity index (χ4v) is 4.21. The number of rotatable bonds is 6. The van der Waals surface area contributed by atoms with E-state index in [-0.39, 0.29) is 12.5 Å². The maximum absolute atomic E-state index is 13.1. The van der Waals surface area contributed by atoms with E-state index in [1.165, 1.54) is 11.1 Å². The molecule has 0 radical (unpaired) electrons. The summed E-state index contributed by atoms with van der Waals surface area (Å²) < 4.78 is 2.91. The van der Waals surface area contributed by atoms with Crippen LogP contribution in [0.1, 0.15) is 22.5 Å². The van der Waals surface area contributed by atoms with Gasteiger partial charge in [-0.25, -0.2) is 4.98 Å². The van der Waals surface area contributed by atoms with Gasteiger partial charge in [0, 0.05) is 18.8 Å². The molecule has 0 atom stereocenters. The Morgan fingerprint density at radius 1 is 1.11 bits per heavy atom. The molecule has 0 saturated heterocycles. The maximum Gasteiger partial charge on any atom is 0.250 e. The van der Waals surface area contributed by atoms with Crippen LogP contribution in [0.15, 0.2) is 18.2 Å². The average Bonchev–Trinajstić information content (AvgIpc) is 3.10. The van der Waals surface area contributed by atoms with Gasteiger partial charge in [-0.15, -0.1) is 0 Å². The second-order valence-electron chi connectivity index (χ2n) is 7.36. The van der Waals surface area contributed by atoms with Crippen LogP contribution in [0.5, 0.6) is 0 Å². The number of carbonyl (C=O) groups is 1. The molecule has 7 heteroatoms. The number of thiazole rings is 1. The standard InChI is InChI=1S/C20H27N5OS/c1-13-9-14(2)19-17(10-13)21-20(27-19)24(8-7-23(5)6)18(26)12-25-16(4)11-15(3)22-25/h9-11H,7-8,12H2,1-6H3. The van der Waals surface area contributed by atoms with Gasteiger partial charge in [-0.05, 0) is 65.0 Å². The van der Waals surface area contributed by atoms with E-state index < -0.39 is 0 Å². The van der Waals surface area contributed by atoms with Crippen LogP contribution in [-0.2, 0) is 11.3 Å². The van der Waals surface area contributed by atoms with Crippen molar-refractivity contribution < 1.29 is 4.79 Å². The number of carbonyl (C=O) groups excluding carboxylic acids is 1. The highest BCUT2D eigenvalue weighted by atomic mass is 32.1. The van der Waals surface area contributed by atoms with Gasteiger partial charge < -0.3 is 4.90 Å². The van der Waals surface area contributed by atoms with Crippen molar-refractivity contribution >= 4 is 32.6 Å². The molecule has 0 unspecified atom stereocenters. The number of benzene rings is 1. The molecule has 0 aliphatic carbocycles. The van der Waals surface area contributed by atoms with Crippen molar-refractivity contribution in [1.82, 2.24) is 19.7 Å². The lowest BCUT2D eigenvalue weighted by atomic mass is 10.1. The third-order valence-electron chi connectivity index (χ3n) is 4.50. The molecule has 0 aliphatic heterocycles. The van der Waals surface area contributed by atoms with E-state index in [2.05, 4.69) is 36.0 Å². The van der Waals surface area contributed by atoms with Crippen LogP contribution < -0.4 is 4.90 Å². The minimum Gasteiger partial charge on any atom is -0.308 e. The van der Waals surface area contributed by atoms with Crippen LogP contribution in [0.4, 0.5) is 5.13 Å². The fraction of sp³-hybridized carbons (Fsp3) is 0.450. The van der Waals surface area contributed by atoms with Crippen LogP contribution in [0, 0.1) is 27.7 Å². The number of hydrogen-bond donors (Lipinski definition) is 0. The molecule has 6 nitrogen and oxygen atoms in total. The Morgan fingerprint density at radius 2 is 1.85 bits per heavy atom. The van der Waals surface area contributed by atoms with Crippen LogP contribution in [0.3, 0.4) is 0 Å². The molecule has 2 aromatic heterocycles. The molecule has 1 amide bonds.